The highest BCUT2D eigenvalue weighted by Crippen LogP contribution is 2.33. The van der Waals surface area contributed by atoms with Crippen molar-refractivity contribution in [3.63, 3.8) is 0 Å². The summed E-state index contributed by atoms with van der Waals surface area (Å²) in [6.45, 7) is 0. The minimum Gasteiger partial charge on any atom is -0.125 e. The minimum absolute atomic E-state index is 0.280. The van der Waals surface area contributed by atoms with E-state index < -0.39 is 0 Å². The van der Waals surface area contributed by atoms with Crippen LogP contribution in [0.2, 0.25) is 10.0 Å². The average molecular weight is 244 g/mol. The molecule has 0 bridgehead atoms. The molecule has 0 aliphatic carbocycles. The van der Waals surface area contributed by atoms with Crippen molar-refractivity contribution in [1.82, 2.24) is 0 Å². The molecular weight excluding hydrogens is 238 g/mol. The van der Waals surface area contributed by atoms with Crippen molar-refractivity contribution in [1.29, 1.82) is 0 Å². The van der Waals surface area contributed by atoms with E-state index in [0.29, 0.717) is 15.9 Å². The molecule has 0 nitrogen and oxygen atoms in total. The fourth-order valence-corrected chi connectivity index (χ4v) is 1.69. The van der Waals surface area contributed by atoms with Crippen molar-refractivity contribution < 1.29 is 0 Å². The van der Waals surface area contributed by atoms with Gasteiger partial charge in [0.2, 0.25) is 0 Å². The first-order chi connectivity index (χ1) is 5.66. The lowest BCUT2D eigenvalue weighted by Gasteiger charge is -2.08. The maximum Gasteiger partial charge on any atom is 0.0735 e. The van der Waals surface area contributed by atoms with Crippen LogP contribution >= 0.6 is 46.4 Å². The number of benzene rings is 1. The summed E-state index contributed by atoms with van der Waals surface area (Å²) < 4.78 is 0. The normalized spacial score (nSPS) is 13.0. The summed E-state index contributed by atoms with van der Waals surface area (Å²) in [5, 5.41) is 0.711. The molecule has 0 radical (unpaired) electrons. The minimum atomic E-state index is -0.280. The van der Waals surface area contributed by atoms with Gasteiger partial charge >= 0.3 is 0 Å². The molecule has 66 valence electrons. The molecule has 0 spiro atoms. The van der Waals surface area contributed by atoms with Crippen LogP contribution in [-0.4, -0.2) is 5.88 Å². The van der Waals surface area contributed by atoms with E-state index in [1.54, 1.807) is 12.1 Å². The Morgan fingerprint density at radius 1 is 1.25 bits per heavy atom. The van der Waals surface area contributed by atoms with Gasteiger partial charge in [0.25, 0.3) is 0 Å². The van der Waals surface area contributed by atoms with Crippen LogP contribution in [0.25, 0.3) is 0 Å². The second kappa shape index (κ2) is 4.57. The van der Waals surface area contributed by atoms with E-state index >= 15 is 0 Å². The number of hydrogen-bond donors (Lipinski definition) is 0. The van der Waals surface area contributed by atoms with E-state index in [2.05, 4.69) is 0 Å². The quantitative estimate of drug-likeness (QED) is 0.671. The third-order valence-electron chi connectivity index (χ3n) is 1.45. The van der Waals surface area contributed by atoms with Crippen LogP contribution in [0, 0.1) is 0 Å². The molecule has 0 N–H and O–H groups in total. The van der Waals surface area contributed by atoms with E-state index in [1.165, 1.54) is 0 Å². The topological polar surface area (TPSA) is 0 Å². The first-order valence-corrected chi connectivity index (χ1v) is 5.03. The fourth-order valence-electron chi connectivity index (χ4n) is 0.846. The molecule has 1 aromatic carbocycles. The summed E-state index contributed by atoms with van der Waals surface area (Å²) in [5.41, 5.74) is 0.779. The van der Waals surface area contributed by atoms with Gasteiger partial charge in [0, 0.05) is 5.88 Å². The van der Waals surface area contributed by atoms with Gasteiger partial charge in [-0.05, 0) is 11.6 Å². The molecule has 1 aromatic rings. The first kappa shape index (κ1) is 10.5. The zero-order chi connectivity index (χ0) is 9.14. The van der Waals surface area contributed by atoms with Gasteiger partial charge in [-0.1, -0.05) is 35.3 Å². The van der Waals surface area contributed by atoms with Gasteiger partial charge in [-0.15, -0.1) is 23.2 Å². The van der Waals surface area contributed by atoms with E-state index in [0.717, 1.165) is 5.56 Å². The first-order valence-electron chi connectivity index (χ1n) is 3.30. The molecule has 1 atom stereocenters. The fraction of sp³-hybridized carbons (Fsp3) is 0.250. The maximum absolute atomic E-state index is 5.89. The predicted molar refractivity (Wildman–Crippen MR) is 55.8 cm³/mol. The van der Waals surface area contributed by atoms with Crippen LogP contribution in [0.4, 0.5) is 0 Å². The van der Waals surface area contributed by atoms with Crippen molar-refractivity contribution in [3.8, 4) is 0 Å². The molecule has 4 heteroatoms. The van der Waals surface area contributed by atoms with Gasteiger partial charge < -0.3 is 0 Å². The second-order valence-electron chi connectivity index (χ2n) is 2.26. The van der Waals surface area contributed by atoms with Gasteiger partial charge in [0.15, 0.2) is 0 Å². The van der Waals surface area contributed by atoms with E-state index in [4.69, 9.17) is 46.4 Å². The average Bonchev–Trinajstić information content (AvgIpc) is 2.08. The molecular formula is C8H6Cl4. The molecule has 0 aliphatic heterocycles. The van der Waals surface area contributed by atoms with Gasteiger partial charge in [-0.3, -0.25) is 0 Å². The largest absolute Gasteiger partial charge is 0.125 e. The summed E-state index contributed by atoms with van der Waals surface area (Å²) in [5.74, 6) is 0.321. The molecule has 0 aromatic heterocycles. The van der Waals surface area contributed by atoms with Crippen LogP contribution < -0.4 is 0 Å². The zero-order valence-corrected chi connectivity index (χ0v) is 9.05. The highest BCUT2D eigenvalue weighted by atomic mass is 35.5. The van der Waals surface area contributed by atoms with Crippen LogP contribution in [0.1, 0.15) is 10.9 Å². The Labute approximate surface area is 91.4 Å². The van der Waals surface area contributed by atoms with Crippen LogP contribution in [0.3, 0.4) is 0 Å². The Bertz CT molecular complexity index is 272. The van der Waals surface area contributed by atoms with Gasteiger partial charge in [-0.2, -0.15) is 0 Å². The van der Waals surface area contributed by atoms with Crippen LogP contribution in [0.15, 0.2) is 18.2 Å². The summed E-state index contributed by atoms with van der Waals surface area (Å²) in [6, 6.07) is 5.32. The Morgan fingerprint density at radius 2 is 1.92 bits per heavy atom. The van der Waals surface area contributed by atoms with E-state index in [9.17, 15) is 0 Å². The number of hydrogen-bond acceptors (Lipinski definition) is 0. The Kier molecular flexibility index (Phi) is 3.98. The van der Waals surface area contributed by atoms with Gasteiger partial charge in [0.05, 0.1) is 15.4 Å². The van der Waals surface area contributed by atoms with Crippen LogP contribution in [0.5, 0.6) is 0 Å². The molecule has 1 rings (SSSR count). The lowest BCUT2D eigenvalue weighted by Crippen LogP contribution is -1.92. The number of alkyl halides is 2. The molecule has 0 aliphatic rings. The highest BCUT2D eigenvalue weighted by Gasteiger charge is 2.11. The summed E-state index contributed by atoms with van der Waals surface area (Å²) >= 11 is 23.1. The Hall–Kier alpha value is 0.380. The molecule has 12 heavy (non-hydrogen) atoms. The third-order valence-corrected chi connectivity index (χ3v) is 3.14. The van der Waals surface area contributed by atoms with Gasteiger partial charge in [-0.25, -0.2) is 0 Å². The van der Waals surface area contributed by atoms with Crippen molar-refractivity contribution in [3.05, 3.63) is 33.8 Å². The Morgan fingerprint density at radius 3 is 2.50 bits per heavy atom. The van der Waals surface area contributed by atoms with Crippen LogP contribution in [-0.2, 0) is 0 Å². The van der Waals surface area contributed by atoms with Crippen molar-refractivity contribution in [2.24, 2.45) is 0 Å². The summed E-state index contributed by atoms with van der Waals surface area (Å²) in [7, 11) is 0. The highest BCUT2D eigenvalue weighted by molar-refractivity contribution is 6.43. The molecule has 0 fully saturated rings. The lowest BCUT2D eigenvalue weighted by molar-refractivity contribution is 1.09. The summed E-state index contributed by atoms with van der Waals surface area (Å²) in [6.07, 6.45) is 0. The van der Waals surface area contributed by atoms with Crippen molar-refractivity contribution >= 4 is 46.4 Å². The SMILES string of the molecule is ClCC(Cl)c1cccc(Cl)c1Cl. The van der Waals surface area contributed by atoms with Crippen molar-refractivity contribution in [2.75, 3.05) is 5.88 Å². The lowest BCUT2D eigenvalue weighted by atomic mass is 10.2. The van der Waals surface area contributed by atoms with E-state index in [-0.39, 0.29) is 5.38 Å². The smallest absolute Gasteiger partial charge is 0.0735 e. The number of rotatable bonds is 2. The van der Waals surface area contributed by atoms with E-state index in [1.807, 2.05) is 6.07 Å². The second-order valence-corrected chi connectivity index (χ2v) is 3.89. The van der Waals surface area contributed by atoms with Gasteiger partial charge in [0.1, 0.15) is 0 Å². The molecule has 0 heterocycles. The molecule has 0 saturated heterocycles. The standard InChI is InChI=1S/C8H6Cl4/c9-4-7(11)5-2-1-3-6(10)8(5)12/h1-3,7H,4H2. The molecule has 1 unspecified atom stereocenters. The Balaban J connectivity index is 3.07. The third kappa shape index (κ3) is 2.20. The molecule has 0 amide bonds. The monoisotopic (exact) mass is 242 g/mol. The number of halogens is 4. The zero-order valence-electron chi connectivity index (χ0n) is 6.03. The van der Waals surface area contributed by atoms with Crippen molar-refractivity contribution in [2.45, 2.75) is 5.38 Å². The summed E-state index contributed by atoms with van der Waals surface area (Å²) in [4.78, 5) is 0. The predicted octanol–water partition coefficient (Wildman–Crippen LogP) is 4.51. The molecule has 0 saturated carbocycles. The maximum atomic E-state index is 5.89.